The van der Waals surface area contributed by atoms with Gasteiger partial charge in [0.1, 0.15) is 5.82 Å². The largest absolute Gasteiger partial charge is 0.345 e. The molecular formula is C15H21N3O2. The fraction of sp³-hybridized carbons (Fsp3) is 0.467. The maximum atomic E-state index is 11.0. The summed E-state index contributed by atoms with van der Waals surface area (Å²) in [5.74, 6) is 0.698. The van der Waals surface area contributed by atoms with E-state index in [1.54, 1.807) is 11.6 Å². The van der Waals surface area contributed by atoms with E-state index in [1.807, 2.05) is 12.2 Å². The van der Waals surface area contributed by atoms with Gasteiger partial charge in [-0.3, -0.25) is 10.0 Å². The van der Waals surface area contributed by atoms with E-state index in [2.05, 4.69) is 16.9 Å². The first-order valence-corrected chi connectivity index (χ1v) is 7.11. The Morgan fingerprint density at radius 2 is 2.45 bits per heavy atom. The van der Waals surface area contributed by atoms with Gasteiger partial charge in [0.2, 0.25) is 0 Å². The van der Waals surface area contributed by atoms with Gasteiger partial charge in [-0.25, -0.2) is 10.5 Å². The van der Waals surface area contributed by atoms with E-state index in [0.29, 0.717) is 0 Å². The number of hydroxylamine groups is 1. The number of carbonyl (C=O) groups is 1. The molecule has 20 heavy (non-hydrogen) atoms. The van der Waals surface area contributed by atoms with E-state index in [4.69, 9.17) is 5.21 Å². The number of imidazole rings is 1. The molecule has 0 radical (unpaired) electrons. The van der Waals surface area contributed by atoms with Crippen LogP contribution in [0.3, 0.4) is 0 Å². The lowest BCUT2D eigenvalue weighted by Crippen LogP contribution is -2.16. The number of nitrogens with one attached hydrogen (secondary N) is 2. The minimum absolute atomic E-state index is 0.156. The predicted molar refractivity (Wildman–Crippen MR) is 77.1 cm³/mol. The van der Waals surface area contributed by atoms with Crippen molar-refractivity contribution in [2.45, 2.75) is 39.0 Å². The molecule has 108 valence electrons. The number of aromatic amines is 1. The molecule has 0 spiro atoms. The van der Waals surface area contributed by atoms with Crippen molar-refractivity contribution >= 4 is 12.0 Å². The number of aryl methyl sites for hydroxylation is 1. The zero-order chi connectivity index (χ0) is 14.4. The van der Waals surface area contributed by atoms with Gasteiger partial charge < -0.3 is 4.98 Å². The van der Waals surface area contributed by atoms with Crippen LogP contribution in [-0.2, 0) is 17.6 Å². The van der Waals surface area contributed by atoms with E-state index in [9.17, 15) is 4.79 Å². The summed E-state index contributed by atoms with van der Waals surface area (Å²) in [6.07, 6.45) is 12.5. The summed E-state index contributed by atoms with van der Waals surface area (Å²) in [5.41, 5.74) is 3.72. The highest BCUT2D eigenvalue weighted by Crippen LogP contribution is 2.22. The number of allylic oxidation sites excluding steroid dienone is 2. The van der Waals surface area contributed by atoms with Crippen molar-refractivity contribution in [3.05, 3.63) is 35.4 Å². The summed E-state index contributed by atoms with van der Waals surface area (Å²) in [7, 11) is 0. The summed E-state index contributed by atoms with van der Waals surface area (Å²) >= 11 is 0. The van der Waals surface area contributed by atoms with Crippen LogP contribution in [0.15, 0.2) is 18.2 Å². The molecule has 0 saturated carbocycles. The van der Waals surface area contributed by atoms with Gasteiger partial charge in [0, 0.05) is 24.1 Å². The molecule has 1 amide bonds. The summed E-state index contributed by atoms with van der Waals surface area (Å²) < 4.78 is 0. The number of nitrogens with zero attached hydrogens (tertiary/aromatic N) is 1. The molecule has 2 rings (SSSR count). The van der Waals surface area contributed by atoms with Crippen LogP contribution in [0.25, 0.3) is 6.08 Å². The van der Waals surface area contributed by atoms with Gasteiger partial charge in [-0.05, 0) is 18.9 Å². The van der Waals surface area contributed by atoms with Crippen LogP contribution in [0.2, 0.25) is 0 Å². The van der Waals surface area contributed by atoms with Crippen molar-refractivity contribution < 1.29 is 10.0 Å². The Bertz CT molecular complexity index is 517. The summed E-state index contributed by atoms with van der Waals surface area (Å²) in [4.78, 5) is 18.9. The van der Waals surface area contributed by atoms with Gasteiger partial charge in [-0.1, -0.05) is 31.9 Å². The molecule has 1 atom stereocenters. The molecule has 0 bridgehead atoms. The van der Waals surface area contributed by atoms with Crippen LogP contribution in [0, 0.1) is 5.92 Å². The molecule has 5 heteroatoms. The van der Waals surface area contributed by atoms with Crippen molar-refractivity contribution in [1.82, 2.24) is 15.4 Å². The molecule has 0 aromatic carbocycles. The molecule has 1 unspecified atom stereocenters. The number of rotatable bonds is 6. The smallest absolute Gasteiger partial charge is 0.267 e. The van der Waals surface area contributed by atoms with Crippen molar-refractivity contribution in [3.8, 4) is 0 Å². The Morgan fingerprint density at radius 3 is 3.20 bits per heavy atom. The van der Waals surface area contributed by atoms with Gasteiger partial charge in [0.05, 0.1) is 5.69 Å². The fourth-order valence-electron chi connectivity index (χ4n) is 2.33. The van der Waals surface area contributed by atoms with Crippen LogP contribution in [0.5, 0.6) is 0 Å². The monoisotopic (exact) mass is 275 g/mol. The highest BCUT2D eigenvalue weighted by molar-refractivity contribution is 5.86. The minimum Gasteiger partial charge on any atom is -0.345 e. The van der Waals surface area contributed by atoms with E-state index >= 15 is 0 Å². The average molecular weight is 275 g/mol. The van der Waals surface area contributed by atoms with Crippen molar-refractivity contribution in [2.24, 2.45) is 5.92 Å². The second-order valence-corrected chi connectivity index (χ2v) is 5.07. The first-order valence-electron chi connectivity index (χ1n) is 7.11. The quantitative estimate of drug-likeness (QED) is 0.323. The number of unbranched alkanes of at least 4 members (excludes halogenated alkanes) is 2. The second kappa shape index (κ2) is 7.05. The SMILES string of the molecule is CCCCCc1nc2c([nH]1)CC(/C=C/C(=O)NO)C=C2. The third-order valence-corrected chi connectivity index (χ3v) is 3.42. The number of carbonyl (C=O) groups excluding carboxylic acids is 1. The molecule has 1 aromatic heterocycles. The van der Waals surface area contributed by atoms with Crippen molar-refractivity contribution in [3.63, 3.8) is 0 Å². The molecule has 1 aromatic rings. The zero-order valence-corrected chi connectivity index (χ0v) is 11.7. The Hall–Kier alpha value is -1.88. The molecule has 0 saturated heterocycles. The van der Waals surface area contributed by atoms with Crippen molar-refractivity contribution in [2.75, 3.05) is 0 Å². The maximum absolute atomic E-state index is 11.0. The van der Waals surface area contributed by atoms with E-state index < -0.39 is 5.91 Å². The summed E-state index contributed by atoms with van der Waals surface area (Å²) in [6.45, 7) is 2.19. The number of hydrogen-bond acceptors (Lipinski definition) is 3. The number of amides is 1. The average Bonchev–Trinajstić information content (AvgIpc) is 2.86. The first kappa shape index (κ1) is 14.5. The number of hydrogen-bond donors (Lipinski definition) is 3. The lowest BCUT2D eigenvalue weighted by Gasteiger charge is -2.11. The molecule has 1 aliphatic carbocycles. The van der Waals surface area contributed by atoms with Gasteiger partial charge in [0.15, 0.2) is 0 Å². The van der Waals surface area contributed by atoms with Gasteiger partial charge in [-0.2, -0.15) is 0 Å². The van der Waals surface area contributed by atoms with E-state index in [-0.39, 0.29) is 5.92 Å². The summed E-state index contributed by atoms with van der Waals surface area (Å²) in [6, 6.07) is 0. The van der Waals surface area contributed by atoms with Gasteiger partial charge >= 0.3 is 0 Å². The molecule has 0 fully saturated rings. The van der Waals surface area contributed by atoms with Gasteiger partial charge in [-0.15, -0.1) is 0 Å². The van der Waals surface area contributed by atoms with Gasteiger partial charge in [0.25, 0.3) is 5.91 Å². The van der Waals surface area contributed by atoms with Crippen LogP contribution >= 0.6 is 0 Å². The minimum atomic E-state index is -0.505. The molecular weight excluding hydrogens is 254 g/mol. The number of H-pyrrole nitrogens is 1. The Labute approximate surface area is 118 Å². The van der Waals surface area contributed by atoms with Crippen molar-refractivity contribution in [1.29, 1.82) is 0 Å². The second-order valence-electron chi connectivity index (χ2n) is 5.07. The Balaban J connectivity index is 1.96. The highest BCUT2D eigenvalue weighted by Gasteiger charge is 2.15. The Kier molecular flexibility index (Phi) is 5.12. The van der Waals surface area contributed by atoms with Crippen LogP contribution < -0.4 is 5.48 Å². The fourth-order valence-corrected chi connectivity index (χ4v) is 2.33. The Morgan fingerprint density at radius 1 is 1.60 bits per heavy atom. The van der Waals surface area contributed by atoms with E-state index in [0.717, 1.165) is 36.5 Å². The lowest BCUT2D eigenvalue weighted by molar-refractivity contribution is -0.124. The highest BCUT2D eigenvalue weighted by atomic mass is 16.5. The standard InChI is InChI=1S/C15H21N3O2/c1-2-3-4-5-14-16-12-8-6-11(10-13(12)17-14)7-9-15(19)18-20/h6-9,11,20H,2-5,10H2,1H3,(H,16,17)(H,18,19)/b9-7+. The van der Waals surface area contributed by atoms with Crippen LogP contribution in [-0.4, -0.2) is 21.1 Å². The normalized spacial score (nSPS) is 17.4. The zero-order valence-electron chi connectivity index (χ0n) is 11.7. The van der Waals surface area contributed by atoms with Crippen LogP contribution in [0.1, 0.15) is 43.4 Å². The molecule has 3 N–H and O–H groups in total. The maximum Gasteiger partial charge on any atom is 0.267 e. The topological polar surface area (TPSA) is 78.0 Å². The predicted octanol–water partition coefficient (Wildman–Crippen LogP) is 2.39. The third kappa shape index (κ3) is 3.81. The summed E-state index contributed by atoms with van der Waals surface area (Å²) in [5, 5.41) is 8.44. The molecule has 5 nitrogen and oxygen atoms in total. The number of aromatic nitrogens is 2. The third-order valence-electron chi connectivity index (χ3n) is 3.42. The molecule has 1 heterocycles. The number of fused-ring (bicyclic) bond motifs is 1. The molecule has 1 aliphatic rings. The lowest BCUT2D eigenvalue weighted by atomic mass is 9.96. The first-order chi connectivity index (χ1) is 9.72. The van der Waals surface area contributed by atoms with Crippen LogP contribution in [0.4, 0.5) is 0 Å². The molecule has 0 aliphatic heterocycles. The van der Waals surface area contributed by atoms with E-state index in [1.165, 1.54) is 18.9 Å².